The van der Waals surface area contributed by atoms with Crippen LogP contribution < -0.4 is 0 Å². The highest BCUT2D eigenvalue weighted by Crippen LogP contribution is 2.31. The summed E-state index contributed by atoms with van der Waals surface area (Å²) in [6.45, 7) is 25.7. The Kier molecular flexibility index (Phi) is 52.7. The molecule has 1 saturated heterocycles. The normalized spacial score (nSPS) is 14.2. The van der Waals surface area contributed by atoms with E-state index in [9.17, 15) is 0 Å². The summed E-state index contributed by atoms with van der Waals surface area (Å²) in [5, 5.41) is 0. The Morgan fingerprint density at radius 1 is 0.622 bits per heavy atom. The second kappa shape index (κ2) is 39.7. The molecule has 0 aromatic heterocycles. The van der Waals surface area contributed by atoms with Crippen LogP contribution in [0.25, 0.3) is 0 Å². The summed E-state index contributed by atoms with van der Waals surface area (Å²) in [6, 6.07) is 10.5. The van der Waals surface area contributed by atoms with E-state index in [2.05, 4.69) is 86.6 Å². The highest BCUT2D eigenvalue weighted by Gasteiger charge is 2.17. The highest BCUT2D eigenvalue weighted by atomic mass is 16.5. The zero-order valence-corrected chi connectivity index (χ0v) is 25.6. The first-order valence-electron chi connectivity index (χ1n) is 14.8. The first-order valence-corrected chi connectivity index (χ1v) is 14.8. The monoisotopic (exact) mass is 527 g/mol. The van der Waals surface area contributed by atoms with Crippen molar-refractivity contribution in [3.63, 3.8) is 0 Å². The molecule has 2 saturated carbocycles. The average molecular weight is 527 g/mol. The summed E-state index contributed by atoms with van der Waals surface area (Å²) < 4.78 is 4.94. The molecule has 0 unspecified atom stereocenters. The molecular formula is C36H78O. The molecule has 37 heavy (non-hydrogen) atoms. The van der Waals surface area contributed by atoms with Crippen LogP contribution in [-0.4, -0.2) is 13.2 Å². The van der Waals surface area contributed by atoms with E-state index < -0.39 is 0 Å². The van der Waals surface area contributed by atoms with Gasteiger partial charge in [0, 0.05) is 13.2 Å². The van der Waals surface area contributed by atoms with Gasteiger partial charge >= 0.3 is 0 Å². The number of hydrogen-bond acceptors (Lipinski definition) is 1. The quantitative estimate of drug-likeness (QED) is 0.372. The zero-order chi connectivity index (χ0) is 26.6. The maximum Gasteiger partial charge on any atom is 0.0466 e. The van der Waals surface area contributed by atoms with E-state index in [0.29, 0.717) is 5.92 Å². The first kappa shape index (κ1) is 49.2. The van der Waals surface area contributed by atoms with Crippen molar-refractivity contribution in [1.29, 1.82) is 0 Å². The van der Waals surface area contributed by atoms with Crippen LogP contribution >= 0.6 is 0 Å². The summed E-state index contributed by atoms with van der Waals surface area (Å²) in [7, 11) is 0. The van der Waals surface area contributed by atoms with Crippen molar-refractivity contribution < 1.29 is 4.74 Å². The lowest BCUT2D eigenvalue weighted by atomic mass is 10.0. The van der Waals surface area contributed by atoms with Crippen LogP contribution in [0.2, 0.25) is 0 Å². The first-order chi connectivity index (χ1) is 16.2. The molecule has 0 N–H and O–H groups in total. The fourth-order valence-corrected chi connectivity index (χ4v) is 2.76. The fourth-order valence-electron chi connectivity index (χ4n) is 2.76. The largest absolute Gasteiger partial charge is 0.381 e. The van der Waals surface area contributed by atoms with E-state index in [-0.39, 0.29) is 22.3 Å². The van der Waals surface area contributed by atoms with E-state index in [1.54, 1.807) is 0 Å². The van der Waals surface area contributed by atoms with E-state index in [1.807, 2.05) is 19.9 Å². The van der Waals surface area contributed by atoms with Crippen LogP contribution in [0.5, 0.6) is 0 Å². The predicted molar refractivity (Wildman–Crippen MR) is 179 cm³/mol. The Hall–Kier alpha value is -0.820. The van der Waals surface area contributed by atoms with Gasteiger partial charge in [-0.15, -0.1) is 0 Å². The van der Waals surface area contributed by atoms with Crippen molar-refractivity contribution in [3.8, 4) is 0 Å². The van der Waals surface area contributed by atoms with Crippen molar-refractivity contribution >= 4 is 0 Å². The second-order valence-corrected chi connectivity index (χ2v) is 11.0. The van der Waals surface area contributed by atoms with E-state index in [1.165, 1.54) is 69.8 Å². The predicted octanol–water partition coefficient (Wildman–Crippen LogP) is 13.6. The summed E-state index contributed by atoms with van der Waals surface area (Å²) in [5.41, 5.74) is 1.41. The summed E-state index contributed by atoms with van der Waals surface area (Å²) in [4.78, 5) is 0. The maximum atomic E-state index is 4.94. The van der Waals surface area contributed by atoms with Crippen molar-refractivity contribution in [2.24, 2.45) is 17.8 Å². The van der Waals surface area contributed by atoms with Crippen LogP contribution in [0, 0.1) is 17.8 Å². The van der Waals surface area contributed by atoms with Crippen molar-refractivity contribution in [2.75, 3.05) is 13.2 Å². The summed E-state index contributed by atoms with van der Waals surface area (Å²) >= 11 is 0. The Labute approximate surface area is 240 Å². The number of hydrogen-bond donors (Lipinski definition) is 0. The van der Waals surface area contributed by atoms with Crippen molar-refractivity contribution in [3.05, 3.63) is 35.9 Å². The second-order valence-electron chi connectivity index (χ2n) is 11.0. The van der Waals surface area contributed by atoms with E-state index in [0.717, 1.165) is 31.0 Å². The molecule has 228 valence electrons. The Morgan fingerprint density at radius 3 is 1.08 bits per heavy atom. The van der Waals surface area contributed by atoms with Crippen molar-refractivity contribution in [1.82, 2.24) is 0 Å². The molecule has 3 fully saturated rings. The molecule has 0 atom stereocenters. The lowest BCUT2D eigenvalue weighted by Gasteiger charge is -2.01. The Morgan fingerprint density at radius 2 is 0.946 bits per heavy atom. The highest BCUT2D eigenvalue weighted by molar-refractivity contribution is 5.17. The third kappa shape index (κ3) is 56.5. The van der Waals surface area contributed by atoms with Crippen LogP contribution in [0.4, 0.5) is 0 Å². The minimum absolute atomic E-state index is 0. The molecule has 4 rings (SSSR count). The molecule has 1 aliphatic heterocycles. The fraction of sp³-hybridized carbons (Fsp3) is 0.833. The molecule has 1 aromatic rings. The third-order valence-corrected chi connectivity index (χ3v) is 4.82. The van der Waals surface area contributed by atoms with Gasteiger partial charge in [-0.3, -0.25) is 0 Å². The molecule has 1 aromatic carbocycles. The van der Waals surface area contributed by atoms with Gasteiger partial charge in [0.05, 0.1) is 0 Å². The average Bonchev–Trinajstić information content (AvgIpc) is 3.23. The van der Waals surface area contributed by atoms with Crippen LogP contribution in [0.1, 0.15) is 174 Å². The lowest BCUT2D eigenvalue weighted by molar-refractivity contribution is 0.198. The minimum atomic E-state index is 0. The standard InChI is InChI=1S/C9H12.2C5H10.C4H8O.2C4H10.C2H6.3CH4/c1-8(2)9-6-4-3-5-7-9;1-2-5-3-4-5;2*1-2-4-5-3-1;2*1-4(2)3;1-2;;;/h3-8H,1-2H3;5H,2-4H2,1H3;1-5H2;1-4H2;2*4H,1-3H3;1-2H3;3*1H4. The van der Waals surface area contributed by atoms with Gasteiger partial charge in [-0.25, -0.2) is 0 Å². The van der Waals surface area contributed by atoms with Crippen LogP contribution in [0.3, 0.4) is 0 Å². The molecule has 2 aliphatic carbocycles. The Balaban J connectivity index is -0.0000000775. The Bertz CT molecular complexity index is 400. The van der Waals surface area contributed by atoms with Gasteiger partial charge in [-0.05, 0) is 42.1 Å². The minimum Gasteiger partial charge on any atom is -0.381 e. The molecular weight excluding hydrogens is 448 g/mol. The molecule has 0 amide bonds. The third-order valence-electron chi connectivity index (χ3n) is 4.82. The molecule has 1 nitrogen and oxygen atoms in total. The van der Waals surface area contributed by atoms with Gasteiger partial charge in [-0.1, -0.05) is 180 Å². The number of rotatable bonds is 2. The summed E-state index contributed by atoms with van der Waals surface area (Å²) in [5.74, 6) is 3.46. The summed E-state index contributed by atoms with van der Waals surface area (Å²) in [6.07, 6.45) is 14.5. The van der Waals surface area contributed by atoms with Gasteiger partial charge in [0.2, 0.25) is 0 Å². The van der Waals surface area contributed by atoms with Crippen LogP contribution in [-0.2, 0) is 4.74 Å². The molecule has 0 bridgehead atoms. The van der Waals surface area contributed by atoms with Gasteiger partial charge in [0.25, 0.3) is 0 Å². The zero-order valence-electron chi connectivity index (χ0n) is 25.6. The molecule has 1 heterocycles. The van der Waals surface area contributed by atoms with Gasteiger partial charge in [-0.2, -0.15) is 0 Å². The van der Waals surface area contributed by atoms with Gasteiger partial charge in [0.1, 0.15) is 0 Å². The van der Waals surface area contributed by atoms with Crippen LogP contribution in [0.15, 0.2) is 30.3 Å². The van der Waals surface area contributed by atoms with Gasteiger partial charge < -0.3 is 4.74 Å². The number of ether oxygens (including phenoxy) is 1. The lowest BCUT2D eigenvalue weighted by Crippen LogP contribution is -1.83. The SMILES string of the molecule is C.C.C.C1CCCC1.C1CCOC1.CC.CC(C)C.CC(C)C.CC(C)c1ccccc1.CCC1CC1. The van der Waals surface area contributed by atoms with Crippen molar-refractivity contribution in [2.45, 2.75) is 169 Å². The van der Waals surface area contributed by atoms with Gasteiger partial charge in [0.15, 0.2) is 0 Å². The smallest absolute Gasteiger partial charge is 0.0466 e. The topological polar surface area (TPSA) is 9.23 Å². The van der Waals surface area contributed by atoms with E-state index >= 15 is 0 Å². The number of benzene rings is 1. The molecule has 3 aliphatic rings. The van der Waals surface area contributed by atoms with E-state index in [4.69, 9.17) is 4.74 Å². The maximum absolute atomic E-state index is 4.94. The molecule has 1 heteroatoms. The molecule has 0 radical (unpaired) electrons. The molecule has 0 spiro atoms.